The Labute approximate surface area is 144 Å². The van der Waals surface area contributed by atoms with Gasteiger partial charge in [0.05, 0.1) is 11.4 Å². The fourth-order valence-electron chi connectivity index (χ4n) is 3.02. The molecule has 3 N–H and O–H groups in total. The van der Waals surface area contributed by atoms with Gasteiger partial charge in [0.1, 0.15) is 0 Å². The number of benzene rings is 3. The van der Waals surface area contributed by atoms with E-state index >= 15 is 0 Å². The van der Waals surface area contributed by atoms with E-state index in [1.54, 1.807) is 0 Å². The lowest BCUT2D eigenvalue weighted by molar-refractivity contribution is 1.09. The molecule has 0 radical (unpaired) electrons. The van der Waals surface area contributed by atoms with Crippen molar-refractivity contribution in [1.82, 2.24) is 0 Å². The van der Waals surface area contributed by atoms with Crippen molar-refractivity contribution in [3.63, 3.8) is 0 Å². The van der Waals surface area contributed by atoms with Crippen LogP contribution in [0.2, 0.25) is 0 Å². The van der Waals surface area contributed by atoms with Crippen molar-refractivity contribution >= 4 is 17.1 Å². The first-order chi connectivity index (χ1) is 11.7. The van der Waals surface area contributed by atoms with E-state index in [1.165, 1.54) is 22.4 Å². The van der Waals surface area contributed by atoms with Crippen molar-refractivity contribution in [2.75, 3.05) is 11.1 Å². The summed E-state index contributed by atoms with van der Waals surface area (Å²) in [5, 5.41) is 3.56. The largest absolute Gasteiger partial charge is 0.397 e. The van der Waals surface area contributed by atoms with E-state index in [-0.39, 0.29) is 0 Å². The minimum Gasteiger partial charge on any atom is -0.397 e. The van der Waals surface area contributed by atoms with E-state index in [9.17, 15) is 0 Å². The summed E-state index contributed by atoms with van der Waals surface area (Å²) in [5.74, 6) is 0. The molecule has 0 unspecified atom stereocenters. The molecule has 0 saturated heterocycles. The normalized spacial score (nSPS) is 10.6. The molecule has 0 heterocycles. The second-order valence-corrected chi connectivity index (χ2v) is 5.95. The first kappa shape index (κ1) is 16.1. The Hall–Kier alpha value is -2.74. The third kappa shape index (κ3) is 3.28. The highest BCUT2D eigenvalue weighted by molar-refractivity contribution is 5.80. The Morgan fingerprint density at radius 2 is 1.42 bits per heavy atom. The van der Waals surface area contributed by atoms with Crippen molar-refractivity contribution < 1.29 is 0 Å². The fraction of sp³-hybridized carbons (Fsp3) is 0.182. The molecule has 0 saturated carbocycles. The summed E-state index contributed by atoms with van der Waals surface area (Å²) < 4.78 is 0. The first-order valence-electron chi connectivity index (χ1n) is 8.55. The van der Waals surface area contributed by atoms with Gasteiger partial charge in [-0.05, 0) is 47.2 Å². The Morgan fingerprint density at radius 3 is 2.00 bits per heavy atom. The Kier molecular flexibility index (Phi) is 4.85. The molecule has 122 valence electrons. The number of hydrogen-bond donors (Lipinski definition) is 2. The molecule has 3 rings (SSSR count). The van der Waals surface area contributed by atoms with Gasteiger partial charge in [0.25, 0.3) is 0 Å². The molecule has 3 aromatic rings. The van der Waals surface area contributed by atoms with Crippen LogP contribution in [-0.4, -0.2) is 0 Å². The summed E-state index contributed by atoms with van der Waals surface area (Å²) in [7, 11) is 0. The molecule has 2 nitrogen and oxygen atoms in total. The summed E-state index contributed by atoms with van der Waals surface area (Å²) in [4.78, 5) is 0. The lowest BCUT2D eigenvalue weighted by Crippen LogP contribution is -2.02. The standard InChI is InChI=1S/C22H24N2/c1-3-16-11-8-12-17(4-2)22(16)24-21-14-13-19(15-20(21)23)18-9-6-5-7-10-18/h5-15,24H,3-4,23H2,1-2H3. The van der Waals surface area contributed by atoms with Crippen molar-refractivity contribution in [3.05, 3.63) is 77.9 Å². The van der Waals surface area contributed by atoms with Crippen molar-refractivity contribution in [2.45, 2.75) is 26.7 Å². The van der Waals surface area contributed by atoms with Gasteiger partial charge in [-0.25, -0.2) is 0 Å². The maximum absolute atomic E-state index is 6.33. The summed E-state index contributed by atoms with van der Waals surface area (Å²) in [6.45, 7) is 4.36. The molecule has 0 aliphatic carbocycles. The number of nitrogen functional groups attached to an aromatic ring is 1. The smallest absolute Gasteiger partial charge is 0.0618 e. The van der Waals surface area contributed by atoms with Crippen LogP contribution in [0.4, 0.5) is 17.1 Å². The van der Waals surface area contributed by atoms with Crippen LogP contribution in [0.15, 0.2) is 66.7 Å². The van der Waals surface area contributed by atoms with Gasteiger partial charge in [-0.3, -0.25) is 0 Å². The average Bonchev–Trinajstić information content (AvgIpc) is 2.64. The molecule has 0 aromatic heterocycles. The van der Waals surface area contributed by atoms with E-state index in [4.69, 9.17) is 5.73 Å². The number of nitrogens with one attached hydrogen (secondary N) is 1. The second kappa shape index (κ2) is 7.22. The Bertz CT molecular complexity index is 800. The first-order valence-corrected chi connectivity index (χ1v) is 8.55. The van der Waals surface area contributed by atoms with E-state index in [0.717, 1.165) is 29.8 Å². The highest BCUT2D eigenvalue weighted by Gasteiger charge is 2.09. The predicted octanol–water partition coefficient (Wildman–Crippen LogP) is 5.80. The van der Waals surface area contributed by atoms with Gasteiger partial charge in [-0.15, -0.1) is 0 Å². The SMILES string of the molecule is CCc1cccc(CC)c1Nc1ccc(-c2ccccc2)cc1N. The van der Waals surface area contributed by atoms with Crippen LogP contribution >= 0.6 is 0 Å². The summed E-state index contributed by atoms with van der Waals surface area (Å²) >= 11 is 0. The molecule has 24 heavy (non-hydrogen) atoms. The van der Waals surface area contributed by atoms with Gasteiger partial charge < -0.3 is 11.1 Å². The summed E-state index contributed by atoms with van der Waals surface area (Å²) in [6.07, 6.45) is 2.00. The Morgan fingerprint density at radius 1 is 0.750 bits per heavy atom. The van der Waals surface area contributed by atoms with Crippen molar-refractivity contribution in [1.29, 1.82) is 0 Å². The van der Waals surface area contributed by atoms with E-state index in [2.05, 4.69) is 61.6 Å². The molecular formula is C22H24N2. The lowest BCUT2D eigenvalue weighted by Gasteiger charge is -2.17. The molecule has 0 spiro atoms. The zero-order chi connectivity index (χ0) is 16.9. The molecule has 0 atom stereocenters. The van der Waals surface area contributed by atoms with Crippen molar-refractivity contribution in [3.8, 4) is 11.1 Å². The summed E-state index contributed by atoms with van der Waals surface area (Å²) in [5.41, 5.74) is 14.2. The van der Waals surface area contributed by atoms with Gasteiger partial charge in [-0.1, -0.05) is 68.4 Å². The molecule has 3 aromatic carbocycles. The second-order valence-electron chi connectivity index (χ2n) is 5.95. The van der Waals surface area contributed by atoms with Crippen molar-refractivity contribution in [2.24, 2.45) is 0 Å². The molecule has 0 bridgehead atoms. The molecule has 0 aliphatic rings. The highest BCUT2D eigenvalue weighted by Crippen LogP contribution is 2.32. The topological polar surface area (TPSA) is 38.0 Å². The minimum atomic E-state index is 0.768. The van der Waals surface area contributed by atoms with Crippen LogP contribution in [0.5, 0.6) is 0 Å². The zero-order valence-corrected chi connectivity index (χ0v) is 14.3. The predicted molar refractivity (Wildman–Crippen MR) is 105 cm³/mol. The zero-order valence-electron chi connectivity index (χ0n) is 14.3. The number of para-hydroxylation sites is 1. The average molecular weight is 316 g/mol. The number of aryl methyl sites for hydroxylation is 2. The lowest BCUT2D eigenvalue weighted by atomic mass is 10.0. The molecule has 2 heteroatoms. The Balaban J connectivity index is 1.95. The number of rotatable bonds is 5. The van der Waals surface area contributed by atoms with Crippen LogP contribution in [0.1, 0.15) is 25.0 Å². The van der Waals surface area contributed by atoms with Gasteiger partial charge >= 0.3 is 0 Å². The van der Waals surface area contributed by atoms with Gasteiger partial charge in [-0.2, -0.15) is 0 Å². The summed E-state index contributed by atoms with van der Waals surface area (Å²) in [6, 6.07) is 23.0. The van der Waals surface area contributed by atoms with Crippen LogP contribution < -0.4 is 11.1 Å². The molecule has 0 amide bonds. The number of anilines is 3. The van der Waals surface area contributed by atoms with Crippen LogP contribution in [-0.2, 0) is 12.8 Å². The fourth-order valence-corrected chi connectivity index (χ4v) is 3.02. The van der Waals surface area contributed by atoms with Crippen LogP contribution in [0, 0.1) is 0 Å². The quantitative estimate of drug-likeness (QED) is 0.583. The van der Waals surface area contributed by atoms with Gasteiger partial charge in [0, 0.05) is 5.69 Å². The van der Waals surface area contributed by atoms with E-state index in [1.807, 2.05) is 24.3 Å². The monoisotopic (exact) mass is 316 g/mol. The molecule has 0 fully saturated rings. The minimum absolute atomic E-state index is 0.768. The van der Waals surface area contributed by atoms with Gasteiger partial charge in [0.15, 0.2) is 0 Å². The number of nitrogens with two attached hydrogens (primary N) is 1. The van der Waals surface area contributed by atoms with E-state index in [0.29, 0.717) is 0 Å². The van der Waals surface area contributed by atoms with E-state index < -0.39 is 0 Å². The molecule has 0 aliphatic heterocycles. The van der Waals surface area contributed by atoms with Gasteiger partial charge in [0.2, 0.25) is 0 Å². The van der Waals surface area contributed by atoms with Crippen LogP contribution in [0.3, 0.4) is 0 Å². The van der Waals surface area contributed by atoms with Crippen LogP contribution in [0.25, 0.3) is 11.1 Å². The maximum atomic E-state index is 6.33. The number of hydrogen-bond acceptors (Lipinski definition) is 2. The third-order valence-corrected chi connectivity index (χ3v) is 4.42. The third-order valence-electron chi connectivity index (χ3n) is 4.42. The molecular weight excluding hydrogens is 292 g/mol. The maximum Gasteiger partial charge on any atom is 0.0618 e. The highest BCUT2D eigenvalue weighted by atomic mass is 14.9.